The molecule has 1 heterocycles. The van der Waals surface area contributed by atoms with Crippen molar-refractivity contribution in [3.05, 3.63) is 0 Å². The van der Waals surface area contributed by atoms with Crippen LogP contribution in [0.1, 0.15) is 19.8 Å². The van der Waals surface area contributed by atoms with E-state index in [1.54, 1.807) is 0 Å². The summed E-state index contributed by atoms with van der Waals surface area (Å²) >= 11 is 0. The van der Waals surface area contributed by atoms with E-state index in [1.807, 2.05) is 4.90 Å². The van der Waals surface area contributed by atoms with E-state index < -0.39 is 10.0 Å². The number of sulfonamides is 1. The van der Waals surface area contributed by atoms with Gasteiger partial charge in [-0.15, -0.1) is 24.0 Å². The van der Waals surface area contributed by atoms with Crippen molar-refractivity contribution >= 4 is 40.0 Å². The molecule has 1 rings (SSSR count). The van der Waals surface area contributed by atoms with E-state index in [-0.39, 0.29) is 36.3 Å². The molecule has 0 spiro atoms. The fourth-order valence-corrected chi connectivity index (χ4v) is 2.48. The Morgan fingerprint density at radius 3 is 2.37 bits per heavy atom. The minimum absolute atomic E-state index is 0. The number of guanidine groups is 1. The average Bonchev–Trinajstić information content (AvgIpc) is 2.29. The van der Waals surface area contributed by atoms with Gasteiger partial charge in [0.15, 0.2) is 5.96 Å². The maximum absolute atomic E-state index is 11.5. The van der Waals surface area contributed by atoms with Crippen LogP contribution in [0, 0.1) is 5.92 Å². The third-order valence-electron chi connectivity index (χ3n) is 3.29. The summed E-state index contributed by atoms with van der Waals surface area (Å²) in [5.74, 6) is 1.21. The highest BCUT2D eigenvalue weighted by atomic mass is 127. The third kappa shape index (κ3) is 6.26. The molecule has 1 aliphatic heterocycles. The first-order valence-electron chi connectivity index (χ1n) is 6.28. The van der Waals surface area contributed by atoms with Gasteiger partial charge in [0.25, 0.3) is 0 Å². The van der Waals surface area contributed by atoms with Crippen LogP contribution in [0.2, 0.25) is 0 Å². The highest BCUT2D eigenvalue weighted by Gasteiger charge is 2.17. The molecule has 2 N–H and O–H groups in total. The van der Waals surface area contributed by atoms with Gasteiger partial charge in [0.1, 0.15) is 0 Å². The van der Waals surface area contributed by atoms with Gasteiger partial charge in [-0.3, -0.25) is 4.99 Å². The van der Waals surface area contributed by atoms with Gasteiger partial charge >= 0.3 is 0 Å². The van der Waals surface area contributed by atoms with Crippen LogP contribution in [0.15, 0.2) is 4.99 Å². The molecule has 0 atom stereocenters. The van der Waals surface area contributed by atoms with Crippen molar-refractivity contribution < 1.29 is 8.42 Å². The van der Waals surface area contributed by atoms with E-state index in [9.17, 15) is 8.42 Å². The number of nitrogens with zero attached hydrogens (tertiary/aromatic N) is 3. The van der Waals surface area contributed by atoms with E-state index in [2.05, 4.69) is 11.9 Å². The highest BCUT2D eigenvalue weighted by Crippen LogP contribution is 2.15. The summed E-state index contributed by atoms with van der Waals surface area (Å²) < 4.78 is 24.3. The number of piperidine rings is 1. The number of likely N-dealkylation sites (tertiary alicyclic amines) is 1. The summed E-state index contributed by atoms with van der Waals surface area (Å²) in [5.41, 5.74) is 5.87. The summed E-state index contributed by atoms with van der Waals surface area (Å²) in [5, 5.41) is 0. The van der Waals surface area contributed by atoms with Crippen LogP contribution in [0.5, 0.6) is 0 Å². The molecule has 6 nitrogen and oxygen atoms in total. The SMILES string of the molecule is CC1CCN(C(N)=NCCS(=O)(=O)N(C)C)CC1.I. The van der Waals surface area contributed by atoms with Crippen LogP contribution in [-0.2, 0) is 10.0 Å². The zero-order valence-corrected chi connectivity index (χ0v) is 15.0. The molecule has 0 aromatic carbocycles. The van der Waals surface area contributed by atoms with E-state index in [0.717, 1.165) is 31.8 Å². The Morgan fingerprint density at radius 1 is 1.37 bits per heavy atom. The zero-order valence-electron chi connectivity index (χ0n) is 11.9. The van der Waals surface area contributed by atoms with Crippen LogP contribution in [0.25, 0.3) is 0 Å². The number of halogens is 1. The molecule has 0 saturated carbocycles. The Morgan fingerprint density at radius 2 is 1.89 bits per heavy atom. The minimum atomic E-state index is -3.18. The standard InChI is InChI=1S/C11H24N4O2S.HI/c1-10-4-7-15(8-5-10)11(12)13-6-9-18(16,17)14(2)3;/h10H,4-9H2,1-3H3,(H2,12,13);1H. The van der Waals surface area contributed by atoms with Crippen molar-refractivity contribution in [3.63, 3.8) is 0 Å². The Bertz CT molecular complexity index is 389. The van der Waals surface area contributed by atoms with Gasteiger partial charge in [-0.25, -0.2) is 12.7 Å². The van der Waals surface area contributed by atoms with Gasteiger partial charge in [0.05, 0.1) is 12.3 Å². The summed E-state index contributed by atoms with van der Waals surface area (Å²) in [6.07, 6.45) is 2.23. The summed E-state index contributed by atoms with van der Waals surface area (Å²) in [6, 6.07) is 0. The first-order valence-corrected chi connectivity index (χ1v) is 7.89. The van der Waals surface area contributed by atoms with Crippen LogP contribution in [-0.4, -0.2) is 63.1 Å². The molecule has 114 valence electrons. The second-order valence-corrected chi connectivity index (χ2v) is 7.31. The Kier molecular flexibility index (Phi) is 8.21. The smallest absolute Gasteiger partial charge is 0.215 e. The van der Waals surface area contributed by atoms with Gasteiger partial charge in [0.2, 0.25) is 10.0 Å². The molecule has 0 aliphatic carbocycles. The van der Waals surface area contributed by atoms with Gasteiger partial charge in [0, 0.05) is 27.2 Å². The predicted octanol–water partition coefficient (Wildman–Crippen LogP) is 0.542. The van der Waals surface area contributed by atoms with Crippen LogP contribution >= 0.6 is 24.0 Å². The van der Waals surface area contributed by atoms with Crippen LogP contribution in [0.4, 0.5) is 0 Å². The molecular weight excluding hydrogens is 379 g/mol. The molecule has 0 aromatic rings. The minimum Gasteiger partial charge on any atom is -0.370 e. The molecule has 19 heavy (non-hydrogen) atoms. The predicted molar refractivity (Wildman–Crippen MR) is 89.3 cm³/mol. The average molecular weight is 404 g/mol. The maximum Gasteiger partial charge on any atom is 0.215 e. The summed E-state index contributed by atoms with van der Waals surface area (Å²) in [4.78, 5) is 6.19. The van der Waals surface area contributed by atoms with Crippen molar-refractivity contribution in [2.45, 2.75) is 19.8 Å². The quantitative estimate of drug-likeness (QED) is 0.422. The molecule has 1 saturated heterocycles. The summed E-state index contributed by atoms with van der Waals surface area (Å²) in [6.45, 7) is 4.28. The molecule has 0 amide bonds. The lowest BCUT2D eigenvalue weighted by Gasteiger charge is -2.31. The van der Waals surface area contributed by atoms with Gasteiger partial charge in [-0.2, -0.15) is 0 Å². The first-order chi connectivity index (χ1) is 8.33. The Hall–Kier alpha value is -0.0900. The number of aliphatic imine (C=N–C) groups is 1. The Labute approximate surface area is 133 Å². The summed E-state index contributed by atoms with van der Waals surface area (Å²) in [7, 11) is -0.137. The largest absolute Gasteiger partial charge is 0.370 e. The topological polar surface area (TPSA) is 79.0 Å². The molecule has 1 fully saturated rings. The maximum atomic E-state index is 11.5. The van der Waals surface area contributed by atoms with Gasteiger partial charge in [-0.1, -0.05) is 6.92 Å². The van der Waals surface area contributed by atoms with E-state index in [0.29, 0.717) is 5.96 Å². The van der Waals surface area contributed by atoms with Crippen molar-refractivity contribution in [1.29, 1.82) is 0 Å². The number of rotatable bonds is 4. The van der Waals surface area contributed by atoms with Gasteiger partial charge in [-0.05, 0) is 18.8 Å². The first kappa shape index (κ1) is 18.9. The van der Waals surface area contributed by atoms with Crippen molar-refractivity contribution in [1.82, 2.24) is 9.21 Å². The van der Waals surface area contributed by atoms with Crippen molar-refractivity contribution in [2.24, 2.45) is 16.6 Å². The number of nitrogens with two attached hydrogens (primary N) is 1. The number of hydrogen-bond acceptors (Lipinski definition) is 3. The second-order valence-electron chi connectivity index (χ2n) is 5.01. The van der Waals surface area contributed by atoms with Crippen LogP contribution < -0.4 is 5.73 Å². The van der Waals surface area contributed by atoms with Crippen molar-refractivity contribution in [3.8, 4) is 0 Å². The molecule has 0 aromatic heterocycles. The Balaban J connectivity index is 0.00000324. The third-order valence-corrected chi connectivity index (χ3v) is 5.10. The van der Waals surface area contributed by atoms with Gasteiger partial charge < -0.3 is 10.6 Å². The van der Waals surface area contributed by atoms with Crippen molar-refractivity contribution in [2.75, 3.05) is 39.5 Å². The lowest BCUT2D eigenvalue weighted by atomic mass is 10.00. The molecular formula is C11H25IN4O2S. The van der Waals surface area contributed by atoms with E-state index in [4.69, 9.17) is 5.73 Å². The van der Waals surface area contributed by atoms with E-state index >= 15 is 0 Å². The molecule has 0 radical (unpaired) electrons. The highest BCUT2D eigenvalue weighted by molar-refractivity contribution is 14.0. The monoisotopic (exact) mass is 404 g/mol. The second kappa shape index (κ2) is 8.25. The van der Waals surface area contributed by atoms with Crippen LogP contribution in [0.3, 0.4) is 0 Å². The molecule has 8 heteroatoms. The number of hydrogen-bond donors (Lipinski definition) is 1. The zero-order chi connectivity index (χ0) is 13.8. The normalized spacial score (nSPS) is 18.5. The lowest BCUT2D eigenvalue weighted by Crippen LogP contribution is -2.42. The van der Waals surface area contributed by atoms with E-state index in [1.165, 1.54) is 18.4 Å². The fourth-order valence-electron chi connectivity index (χ4n) is 1.80. The molecule has 0 bridgehead atoms. The molecule has 1 aliphatic rings. The lowest BCUT2D eigenvalue weighted by molar-refractivity contribution is 0.278. The fraction of sp³-hybridized carbons (Fsp3) is 0.909. The molecule has 0 unspecified atom stereocenters.